The Hall–Kier alpha value is -0.940. The highest BCUT2D eigenvalue weighted by molar-refractivity contribution is 5.26. The van der Waals surface area contributed by atoms with Crippen molar-refractivity contribution in [2.75, 3.05) is 13.2 Å². The third-order valence-electron chi connectivity index (χ3n) is 17.8. The molecule has 0 aromatic rings. The van der Waals surface area contributed by atoms with E-state index in [2.05, 4.69) is 26.8 Å². The molecule has 3 saturated carbocycles. The normalized spacial score (nSPS) is 58.7. The molecule has 0 aromatic heterocycles. The number of aliphatic hydroxyl groups excluding tert-OH is 9. The number of rotatable bonds is 8. The van der Waals surface area contributed by atoms with Crippen molar-refractivity contribution in [2.24, 2.45) is 40.4 Å². The number of aliphatic hydroxyl groups is 9. The van der Waals surface area contributed by atoms with Crippen LogP contribution in [0.4, 0.5) is 0 Å². The smallest absolute Gasteiger partial charge is 0.187 e. The van der Waals surface area contributed by atoms with Crippen LogP contribution in [0.5, 0.6) is 0 Å². The zero-order valence-electron chi connectivity index (χ0n) is 36.8. The highest BCUT2D eigenvalue weighted by Crippen LogP contribution is 2.71. The predicted molar refractivity (Wildman–Crippen MR) is 214 cm³/mol. The van der Waals surface area contributed by atoms with Crippen LogP contribution in [0.25, 0.3) is 0 Å². The molecule has 0 aromatic carbocycles. The van der Waals surface area contributed by atoms with Gasteiger partial charge < -0.3 is 83.9 Å². The molecule has 354 valence electrons. The maximum absolute atomic E-state index is 12.0. The molecule has 5 saturated heterocycles. The summed E-state index contributed by atoms with van der Waals surface area (Å²) in [6.45, 7) is 11.5. The van der Waals surface area contributed by atoms with E-state index >= 15 is 0 Å². The van der Waals surface area contributed by atoms with Crippen molar-refractivity contribution < 1.29 is 83.9 Å². The Morgan fingerprint density at radius 1 is 0.677 bits per heavy atom. The third kappa shape index (κ3) is 7.31. The molecule has 8 fully saturated rings. The molecule has 9 N–H and O–H groups in total. The van der Waals surface area contributed by atoms with Crippen LogP contribution in [-0.4, -0.2) is 175 Å². The van der Waals surface area contributed by atoms with E-state index in [-0.39, 0.29) is 35.6 Å². The first-order chi connectivity index (χ1) is 29.3. The molecule has 62 heavy (non-hydrogen) atoms. The summed E-state index contributed by atoms with van der Waals surface area (Å²) in [5.74, 6) is 1.52. The van der Waals surface area contributed by atoms with Crippen LogP contribution in [0.1, 0.15) is 99.3 Å². The predicted octanol–water partition coefficient (Wildman–Crippen LogP) is 0.357. The fourth-order valence-electron chi connectivity index (χ4n) is 14.1. The van der Waals surface area contributed by atoms with E-state index in [4.69, 9.17) is 37.9 Å². The Morgan fingerprint density at radius 3 is 1.94 bits per heavy atom. The highest BCUT2D eigenvalue weighted by atomic mass is 16.8. The Bertz CT molecular complexity index is 1650. The van der Waals surface area contributed by atoms with Gasteiger partial charge in [0.1, 0.15) is 61.0 Å². The third-order valence-corrected chi connectivity index (χ3v) is 17.8. The number of hydrogen-bond donors (Lipinski definition) is 9. The molecule has 17 heteroatoms. The standard InChI is InChI=1S/C45H72O17/c1-19-29-27(61-45(19)14-13-42(4,18-47)62-45)16-26-24-8-7-22-15-23(9-11-43(22,5)25(24)10-12-44(26,29)6)57-41-38(60-40-35(53)33(51)31(49)21(3)56-40)36(54)37(28(17-46)58-41)59-39-34(52)32(50)30(48)20(2)55-39/h7,19-21,23-41,46-54H,8-18H2,1-6H3. The maximum atomic E-state index is 12.0. The van der Waals surface area contributed by atoms with Crippen LogP contribution < -0.4 is 0 Å². The molecule has 5 heterocycles. The lowest BCUT2D eigenvalue weighted by Crippen LogP contribution is -2.66. The van der Waals surface area contributed by atoms with Crippen LogP contribution in [0.2, 0.25) is 0 Å². The van der Waals surface area contributed by atoms with Gasteiger partial charge in [0.15, 0.2) is 24.7 Å². The molecule has 0 amide bonds. The lowest BCUT2D eigenvalue weighted by atomic mass is 9.47. The van der Waals surface area contributed by atoms with Crippen molar-refractivity contribution in [1.29, 1.82) is 0 Å². The second kappa shape index (κ2) is 16.7. The lowest BCUT2D eigenvalue weighted by Gasteiger charge is -2.58. The van der Waals surface area contributed by atoms with E-state index in [1.807, 2.05) is 6.92 Å². The van der Waals surface area contributed by atoms with Gasteiger partial charge in [-0.1, -0.05) is 32.4 Å². The summed E-state index contributed by atoms with van der Waals surface area (Å²) in [4.78, 5) is 0. The van der Waals surface area contributed by atoms with Gasteiger partial charge in [-0.05, 0) is 107 Å². The molecular formula is C45H72O17. The van der Waals surface area contributed by atoms with Gasteiger partial charge in [0.05, 0.1) is 43.2 Å². The summed E-state index contributed by atoms with van der Waals surface area (Å²) in [5.41, 5.74) is 0.835. The van der Waals surface area contributed by atoms with Crippen molar-refractivity contribution in [1.82, 2.24) is 0 Å². The lowest BCUT2D eigenvalue weighted by molar-refractivity contribution is -0.388. The van der Waals surface area contributed by atoms with E-state index < -0.39 is 110 Å². The van der Waals surface area contributed by atoms with Crippen molar-refractivity contribution in [3.8, 4) is 0 Å². The number of ether oxygens (including phenoxy) is 8. The minimum atomic E-state index is -1.72. The van der Waals surface area contributed by atoms with Crippen LogP contribution >= 0.6 is 0 Å². The Balaban J connectivity index is 0.916. The molecule has 5 aliphatic heterocycles. The van der Waals surface area contributed by atoms with E-state index in [9.17, 15) is 46.0 Å². The molecule has 4 aliphatic carbocycles. The Morgan fingerprint density at radius 2 is 1.32 bits per heavy atom. The first-order valence-corrected chi connectivity index (χ1v) is 23.3. The van der Waals surface area contributed by atoms with Crippen molar-refractivity contribution >= 4 is 0 Å². The molecule has 26 unspecified atom stereocenters. The molecule has 0 radical (unpaired) electrons. The summed E-state index contributed by atoms with van der Waals surface area (Å²) in [6.07, 6.45) is -11.5. The van der Waals surface area contributed by atoms with Gasteiger partial charge in [0.2, 0.25) is 0 Å². The average molecular weight is 885 g/mol. The quantitative estimate of drug-likeness (QED) is 0.149. The van der Waals surface area contributed by atoms with Crippen LogP contribution in [-0.2, 0) is 37.9 Å². The van der Waals surface area contributed by atoms with Gasteiger partial charge >= 0.3 is 0 Å². The first-order valence-electron chi connectivity index (χ1n) is 23.3. The van der Waals surface area contributed by atoms with Crippen LogP contribution in [0.3, 0.4) is 0 Å². The fourth-order valence-corrected chi connectivity index (χ4v) is 14.1. The zero-order chi connectivity index (χ0) is 44.4. The van der Waals surface area contributed by atoms with Gasteiger partial charge in [-0.3, -0.25) is 0 Å². The van der Waals surface area contributed by atoms with Gasteiger partial charge in [-0.15, -0.1) is 0 Å². The van der Waals surface area contributed by atoms with Crippen molar-refractivity contribution in [3.63, 3.8) is 0 Å². The van der Waals surface area contributed by atoms with Crippen molar-refractivity contribution in [2.45, 2.75) is 215 Å². The molecule has 0 bridgehead atoms. The van der Waals surface area contributed by atoms with E-state index in [0.717, 1.165) is 44.9 Å². The minimum Gasteiger partial charge on any atom is -0.394 e. The topological polar surface area (TPSA) is 256 Å². The SMILES string of the molecule is CC1OC(OC2C(CO)OC(OC3CCC4(C)C(=CCC5C4CCC4(C)C5CC5OC6(CCC(C)(CO)O6)C(C)C54)C3)C(OC3OC(C)C(O)C(O)C3O)C2O)C(O)C(O)C1O. The van der Waals surface area contributed by atoms with Crippen LogP contribution in [0.15, 0.2) is 11.6 Å². The second-order valence-corrected chi connectivity index (χ2v) is 21.3. The summed E-state index contributed by atoms with van der Waals surface area (Å²) >= 11 is 0. The molecule has 1 spiro atoms. The number of fused-ring (bicyclic) bond motifs is 7. The van der Waals surface area contributed by atoms with E-state index in [1.165, 1.54) is 19.4 Å². The average Bonchev–Trinajstić information content (AvgIpc) is 3.85. The van der Waals surface area contributed by atoms with Gasteiger partial charge in [0.25, 0.3) is 0 Å². The molecule has 17 nitrogen and oxygen atoms in total. The molecule has 9 rings (SSSR count). The maximum Gasteiger partial charge on any atom is 0.187 e. The highest BCUT2D eigenvalue weighted by Gasteiger charge is 2.70. The minimum absolute atomic E-state index is 0.0118. The summed E-state index contributed by atoms with van der Waals surface area (Å²) in [6, 6.07) is 0. The van der Waals surface area contributed by atoms with E-state index in [0.29, 0.717) is 36.5 Å². The zero-order valence-corrected chi connectivity index (χ0v) is 36.8. The van der Waals surface area contributed by atoms with Crippen LogP contribution in [0, 0.1) is 40.4 Å². The molecule has 9 aliphatic rings. The van der Waals surface area contributed by atoms with E-state index in [1.54, 1.807) is 0 Å². The van der Waals surface area contributed by atoms with Crippen molar-refractivity contribution in [3.05, 3.63) is 11.6 Å². The Labute approximate surface area is 363 Å². The summed E-state index contributed by atoms with van der Waals surface area (Å²) < 4.78 is 50.1. The number of allylic oxidation sites excluding steroid dienone is 1. The summed E-state index contributed by atoms with van der Waals surface area (Å²) in [7, 11) is 0. The van der Waals surface area contributed by atoms with Gasteiger partial charge in [0, 0.05) is 12.3 Å². The molecular weight excluding hydrogens is 812 g/mol. The Kier molecular flexibility index (Phi) is 12.4. The largest absolute Gasteiger partial charge is 0.394 e. The number of hydrogen-bond acceptors (Lipinski definition) is 17. The summed E-state index contributed by atoms with van der Waals surface area (Å²) in [5, 5.41) is 96.0. The van der Waals surface area contributed by atoms with Gasteiger partial charge in [-0.25, -0.2) is 0 Å². The fraction of sp³-hybridized carbons (Fsp3) is 0.956. The van der Waals surface area contributed by atoms with Gasteiger partial charge in [-0.2, -0.15) is 0 Å². The molecule has 26 atom stereocenters. The first kappa shape index (κ1) is 46.2. The monoisotopic (exact) mass is 884 g/mol. The second-order valence-electron chi connectivity index (χ2n) is 21.3.